The summed E-state index contributed by atoms with van der Waals surface area (Å²) in [5.41, 5.74) is 0. The first-order valence-corrected chi connectivity index (χ1v) is 4.35. The Morgan fingerprint density at radius 1 is 1.12 bits per heavy atom. The minimum atomic E-state index is 0.819. The van der Waals surface area contributed by atoms with E-state index in [1.165, 1.54) is 28.0 Å². The van der Waals surface area contributed by atoms with Crippen LogP contribution in [0.25, 0.3) is 0 Å². The maximum absolute atomic E-state index is 5.62. The molecule has 0 nitrogen and oxygen atoms in total. The van der Waals surface area contributed by atoms with Gasteiger partial charge in [-0.2, -0.15) is 0 Å². The second-order valence-electron chi connectivity index (χ2n) is 1.48. The van der Waals surface area contributed by atoms with Crippen molar-refractivity contribution in [3.05, 3.63) is 29.3 Å². The average Bonchev–Trinajstić information content (AvgIpc) is 1.77. The van der Waals surface area contributed by atoms with Crippen molar-refractivity contribution in [3.63, 3.8) is 0 Å². The van der Waals surface area contributed by atoms with Gasteiger partial charge in [0.1, 0.15) is 0 Å². The van der Waals surface area contributed by atoms with Crippen LogP contribution in [-0.2, 0) is 0 Å². The number of rotatable bonds is 0. The van der Waals surface area contributed by atoms with Gasteiger partial charge in [0.2, 0.25) is 0 Å². The van der Waals surface area contributed by atoms with E-state index >= 15 is 0 Å². The van der Waals surface area contributed by atoms with Crippen molar-refractivity contribution in [3.8, 4) is 0 Å². The second-order valence-corrected chi connectivity index (χ2v) is 3.92. The number of hydrogen-bond donors (Lipinski definition) is 0. The predicted octanol–water partition coefficient (Wildman–Crippen LogP) is 1.13. The van der Waals surface area contributed by atoms with Gasteiger partial charge in [-0.15, -0.1) is 0 Å². The van der Waals surface area contributed by atoms with Crippen LogP contribution in [0.1, 0.15) is 0 Å². The first-order valence-electron chi connectivity index (χ1n) is 2.23. The van der Waals surface area contributed by atoms with Crippen molar-refractivity contribution in [1.29, 1.82) is 0 Å². The van der Waals surface area contributed by atoms with Crippen molar-refractivity contribution in [2.45, 2.75) is 0 Å². The van der Waals surface area contributed by atoms with E-state index in [0.717, 1.165) is 5.02 Å². The molecule has 2 heteroatoms. The molecule has 0 fully saturated rings. The van der Waals surface area contributed by atoms with Crippen LogP contribution in [0.4, 0.5) is 0 Å². The van der Waals surface area contributed by atoms with Crippen LogP contribution in [-0.4, -0.2) is 24.7 Å². The zero-order chi connectivity index (χ0) is 5.98. The van der Waals surface area contributed by atoms with Gasteiger partial charge in [0.05, 0.1) is 0 Å². The minimum absolute atomic E-state index is 0.819. The number of halogens is 1. The van der Waals surface area contributed by atoms with Gasteiger partial charge in [-0.1, -0.05) is 0 Å². The molecule has 0 unspecified atom stereocenters. The quantitative estimate of drug-likeness (QED) is 0.629. The van der Waals surface area contributed by atoms with E-state index in [4.69, 9.17) is 11.6 Å². The SMILES string of the molecule is Clc1cc[c]([Bi])cc1. The van der Waals surface area contributed by atoms with Gasteiger partial charge in [-0.3, -0.25) is 0 Å². The second kappa shape index (κ2) is 2.80. The zero-order valence-corrected chi connectivity index (χ0v) is 8.37. The maximum atomic E-state index is 5.62. The molecule has 0 heterocycles. The average molecular weight is 321 g/mol. The topological polar surface area (TPSA) is 0 Å². The van der Waals surface area contributed by atoms with Crippen LogP contribution in [0.3, 0.4) is 0 Å². The van der Waals surface area contributed by atoms with Crippen molar-refractivity contribution in [2.24, 2.45) is 0 Å². The van der Waals surface area contributed by atoms with E-state index in [-0.39, 0.29) is 0 Å². The van der Waals surface area contributed by atoms with Gasteiger partial charge >= 0.3 is 68.9 Å². The molecular formula is C6H4BiCl. The molecule has 2 radical (unpaired) electrons. The summed E-state index contributed by atoms with van der Waals surface area (Å²) in [5.74, 6) is 0. The molecule has 0 aliphatic carbocycles. The summed E-state index contributed by atoms with van der Waals surface area (Å²) < 4.78 is 1.36. The van der Waals surface area contributed by atoms with E-state index in [0.29, 0.717) is 0 Å². The van der Waals surface area contributed by atoms with E-state index in [1.807, 2.05) is 24.3 Å². The van der Waals surface area contributed by atoms with Gasteiger partial charge in [0.15, 0.2) is 0 Å². The predicted molar refractivity (Wildman–Crippen MR) is 36.8 cm³/mol. The zero-order valence-electron chi connectivity index (χ0n) is 4.13. The summed E-state index contributed by atoms with van der Waals surface area (Å²) in [6.07, 6.45) is 0. The Morgan fingerprint density at radius 2 is 1.62 bits per heavy atom. The monoisotopic (exact) mass is 320 g/mol. The summed E-state index contributed by atoms with van der Waals surface area (Å²) in [4.78, 5) is 0. The van der Waals surface area contributed by atoms with Crippen LogP contribution in [0.15, 0.2) is 24.3 Å². The molecule has 0 aliphatic heterocycles. The molecule has 0 saturated carbocycles. The molecule has 0 aromatic heterocycles. The summed E-state index contributed by atoms with van der Waals surface area (Å²) in [6, 6.07) is 7.90. The van der Waals surface area contributed by atoms with Crippen LogP contribution in [0.5, 0.6) is 0 Å². The fourth-order valence-corrected chi connectivity index (χ4v) is 1.15. The van der Waals surface area contributed by atoms with Gasteiger partial charge < -0.3 is 0 Å². The Labute approximate surface area is 68.7 Å². The Hall–Kier alpha value is 0.393. The van der Waals surface area contributed by atoms with Crippen molar-refractivity contribution < 1.29 is 0 Å². The molecule has 0 saturated heterocycles. The standard InChI is InChI=1S/C6H4Cl.Bi/c7-6-4-2-1-3-5-6;/h2-5H;. The number of hydrogen-bond acceptors (Lipinski definition) is 0. The molecule has 0 amide bonds. The molecule has 40 valence electrons. The Bertz CT molecular complexity index is 147. The van der Waals surface area contributed by atoms with Crippen molar-refractivity contribution >= 4 is 39.6 Å². The Balaban J connectivity index is 3.03. The molecule has 1 aromatic carbocycles. The third-order valence-electron chi connectivity index (χ3n) is 0.827. The summed E-state index contributed by atoms with van der Waals surface area (Å²) >= 11 is 6.92. The van der Waals surface area contributed by atoms with E-state index in [1.54, 1.807) is 0 Å². The number of benzene rings is 1. The molecule has 0 N–H and O–H groups in total. The van der Waals surface area contributed by atoms with Gasteiger partial charge in [0, 0.05) is 0 Å². The molecule has 0 atom stereocenters. The Morgan fingerprint density at radius 3 is 2.00 bits per heavy atom. The van der Waals surface area contributed by atoms with Crippen molar-refractivity contribution in [1.82, 2.24) is 0 Å². The summed E-state index contributed by atoms with van der Waals surface area (Å²) in [7, 11) is 0. The molecule has 0 spiro atoms. The molecule has 1 aromatic rings. The first kappa shape index (κ1) is 6.51. The molecule has 0 aliphatic rings. The molecule has 8 heavy (non-hydrogen) atoms. The normalized spacial score (nSPS) is 9.25. The van der Waals surface area contributed by atoms with Gasteiger partial charge in [-0.05, 0) is 0 Å². The molecular weight excluding hydrogens is 316 g/mol. The van der Waals surface area contributed by atoms with Crippen LogP contribution in [0.2, 0.25) is 5.02 Å². The Kier molecular flexibility index (Phi) is 2.28. The van der Waals surface area contributed by atoms with Crippen LogP contribution in [0, 0.1) is 0 Å². The van der Waals surface area contributed by atoms with Crippen LogP contribution < -0.4 is 3.27 Å². The summed E-state index contributed by atoms with van der Waals surface area (Å²) in [6.45, 7) is 0. The van der Waals surface area contributed by atoms with Gasteiger partial charge in [-0.25, -0.2) is 0 Å². The third kappa shape index (κ3) is 1.72. The molecule has 0 bridgehead atoms. The van der Waals surface area contributed by atoms with Gasteiger partial charge in [0.25, 0.3) is 0 Å². The van der Waals surface area contributed by atoms with E-state index in [2.05, 4.69) is 0 Å². The molecule has 1 rings (SSSR count). The van der Waals surface area contributed by atoms with E-state index in [9.17, 15) is 0 Å². The van der Waals surface area contributed by atoms with Crippen LogP contribution >= 0.6 is 11.6 Å². The van der Waals surface area contributed by atoms with Crippen molar-refractivity contribution in [2.75, 3.05) is 0 Å². The fourth-order valence-electron chi connectivity index (χ4n) is 0.441. The first-order chi connectivity index (χ1) is 3.79. The third-order valence-corrected chi connectivity index (χ3v) is 2.24. The fraction of sp³-hybridized carbons (Fsp3) is 0. The van der Waals surface area contributed by atoms with E-state index < -0.39 is 0 Å². The summed E-state index contributed by atoms with van der Waals surface area (Å²) in [5, 5.41) is 0.819.